The molecule has 122 valence electrons. The number of halogens is 5. The first-order chi connectivity index (χ1) is 10.1. The molecule has 8 heteroatoms. The average molecular weight is 323 g/mol. The molecule has 0 aliphatic heterocycles. The first-order valence-electron chi connectivity index (χ1n) is 6.61. The SMILES string of the molecule is CC(=O)N[C@@H](c1cc(F)c(C(F)(F)F)cc1F)C1CC(O)C1. The number of carbonyl (C=O) groups excluding carboxylic acids is 1. The fourth-order valence-electron chi connectivity index (χ4n) is 2.59. The number of aliphatic hydroxyl groups excluding tert-OH is 1. The molecule has 0 bridgehead atoms. The molecule has 1 saturated carbocycles. The Labute approximate surface area is 123 Å². The molecule has 1 aliphatic rings. The van der Waals surface area contributed by atoms with Gasteiger partial charge in [0, 0.05) is 12.5 Å². The molecular weight excluding hydrogens is 309 g/mol. The van der Waals surface area contributed by atoms with E-state index in [1.807, 2.05) is 0 Å². The molecule has 1 fully saturated rings. The van der Waals surface area contributed by atoms with Crippen LogP contribution in [0.4, 0.5) is 22.0 Å². The van der Waals surface area contributed by atoms with Crippen LogP contribution in [0.5, 0.6) is 0 Å². The van der Waals surface area contributed by atoms with Crippen molar-refractivity contribution in [1.82, 2.24) is 5.32 Å². The number of amides is 1. The van der Waals surface area contributed by atoms with Gasteiger partial charge in [-0.25, -0.2) is 8.78 Å². The molecule has 0 aromatic heterocycles. The lowest BCUT2D eigenvalue weighted by Gasteiger charge is -2.38. The highest BCUT2D eigenvalue weighted by atomic mass is 19.4. The molecule has 1 aromatic rings. The topological polar surface area (TPSA) is 49.3 Å². The van der Waals surface area contributed by atoms with E-state index in [9.17, 15) is 31.9 Å². The molecule has 0 saturated heterocycles. The van der Waals surface area contributed by atoms with E-state index in [1.54, 1.807) is 0 Å². The van der Waals surface area contributed by atoms with Gasteiger partial charge >= 0.3 is 6.18 Å². The van der Waals surface area contributed by atoms with Gasteiger partial charge in [-0.3, -0.25) is 4.79 Å². The smallest absolute Gasteiger partial charge is 0.393 e. The van der Waals surface area contributed by atoms with Crippen LogP contribution in [0.1, 0.15) is 36.9 Å². The molecule has 1 atom stereocenters. The van der Waals surface area contributed by atoms with Crippen LogP contribution in [0.3, 0.4) is 0 Å². The Morgan fingerprint density at radius 3 is 2.32 bits per heavy atom. The number of aliphatic hydroxyl groups is 1. The van der Waals surface area contributed by atoms with Gasteiger partial charge in [0.2, 0.25) is 5.91 Å². The van der Waals surface area contributed by atoms with Gasteiger partial charge in [0.25, 0.3) is 0 Å². The third-order valence-corrected chi connectivity index (χ3v) is 3.71. The van der Waals surface area contributed by atoms with Crippen molar-refractivity contribution in [3.8, 4) is 0 Å². The summed E-state index contributed by atoms with van der Waals surface area (Å²) in [5, 5.41) is 11.7. The molecule has 3 nitrogen and oxygen atoms in total. The third-order valence-electron chi connectivity index (χ3n) is 3.71. The van der Waals surface area contributed by atoms with Crippen LogP contribution >= 0.6 is 0 Å². The Kier molecular flexibility index (Phi) is 4.42. The summed E-state index contributed by atoms with van der Waals surface area (Å²) in [6, 6.07) is -0.421. The van der Waals surface area contributed by atoms with Crippen molar-refractivity contribution >= 4 is 5.91 Å². The second-order valence-electron chi connectivity index (χ2n) is 5.41. The van der Waals surface area contributed by atoms with Gasteiger partial charge < -0.3 is 10.4 Å². The third kappa shape index (κ3) is 3.37. The maximum atomic E-state index is 14.0. The zero-order valence-electron chi connectivity index (χ0n) is 11.5. The lowest BCUT2D eigenvalue weighted by molar-refractivity contribution is -0.140. The van der Waals surface area contributed by atoms with Crippen molar-refractivity contribution in [2.75, 3.05) is 0 Å². The standard InChI is InChI=1S/C14H14F5NO2/c1-6(21)20-13(7-2-8(22)3-7)9-4-12(16)10(5-11(9)15)14(17,18)19/h4-5,7-8,13,22H,2-3H2,1H3,(H,20,21)/t7?,8?,13-/m1/s1. The molecule has 22 heavy (non-hydrogen) atoms. The molecule has 1 aromatic carbocycles. The number of alkyl halides is 3. The number of hydrogen-bond donors (Lipinski definition) is 2. The Balaban J connectivity index is 2.39. The Morgan fingerprint density at radius 2 is 1.86 bits per heavy atom. The van der Waals surface area contributed by atoms with E-state index in [2.05, 4.69) is 5.32 Å². The van der Waals surface area contributed by atoms with Gasteiger partial charge in [-0.05, 0) is 30.9 Å². The number of rotatable bonds is 3. The fraction of sp³-hybridized carbons (Fsp3) is 0.500. The summed E-state index contributed by atoms with van der Waals surface area (Å²) in [5.74, 6) is -3.72. The molecule has 1 amide bonds. The highest BCUT2D eigenvalue weighted by molar-refractivity contribution is 5.73. The van der Waals surface area contributed by atoms with E-state index in [0.717, 1.165) is 0 Å². The van der Waals surface area contributed by atoms with Gasteiger partial charge in [0.1, 0.15) is 11.6 Å². The summed E-state index contributed by atoms with van der Waals surface area (Å²) in [7, 11) is 0. The summed E-state index contributed by atoms with van der Waals surface area (Å²) < 4.78 is 65.3. The van der Waals surface area contributed by atoms with E-state index in [-0.39, 0.29) is 30.4 Å². The van der Waals surface area contributed by atoms with Crippen molar-refractivity contribution in [1.29, 1.82) is 0 Å². The molecule has 0 radical (unpaired) electrons. The van der Waals surface area contributed by atoms with Crippen LogP contribution in [0.25, 0.3) is 0 Å². The second kappa shape index (κ2) is 5.83. The minimum absolute atomic E-state index is 0.0918. The number of nitrogens with one attached hydrogen (secondary N) is 1. The molecular formula is C14H14F5NO2. The van der Waals surface area contributed by atoms with E-state index >= 15 is 0 Å². The van der Waals surface area contributed by atoms with Crippen molar-refractivity contribution in [3.63, 3.8) is 0 Å². The highest BCUT2D eigenvalue weighted by Crippen LogP contribution is 2.40. The van der Waals surface area contributed by atoms with Crippen LogP contribution < -0.4 is 5.32 Å². The maximum absolute atomic E-state index is 14.0. The van der Waals surface area contributed by atoms with E-state index in [4.69, 9.17) is 0 Å². The van der Waals surface area contributed by atoms with Crippen LogP contribution in [0, 0.1) is 17.6 Å². The molecule has 1 aliphatic carbocycles. The minimum Gasteiger partial charge on any atom is -0.393 e. The van der Waals surface area contributed by atoms with Gasteiger partial charge in [0.05, 0.1) is 17.7 Å². The van der Waals surface area contributed by atoms with Crippen LogP contribution in [0.15, 0.2) is 12.1 Å². The summed E-state index contributed by atoms with van der Waals surface area (Å²) in [6.45, 7) is 1.17. The Bertz CT molecular complexity index is 581. The lowest BCUT2D eigenvalue weighted by atomic mass is 9.74. The Hall–Kier alpha value is -1.70. The van der Waals surface area contributed by atoms with Crippen molar-refractivity contribution < 1.29 is 31.9 Å². The van der Waals surface area contributed by atoms with Crippen molar-refractivity contribution in [2.24, 2.45) is 5.92 Å². The maximum Gasteiger partial charge on any atom is 0.419 e. The van der Waals surface area contributed by atoms with E-state index in [0.29, 0.717) is 6.07 Å². The highest BCUT2D eigenvalue weighted by Gasteiger charge is 2.39. The number of benzene rings is 1. The predicted molar refractivity (Wildman–Crippen MR) is 66.6 cm³/mol. The molecule has 0 unspecified atom stereocenters. The number of hydrogen-bond acceptors (Lipinski definition) is 2. The van der Waals surface area contributed by atoms with Crippen LogP contribution in [-0.4, -0.2) is 17.1 Å². The Morgan fingerprint density at radius 1 is 1.27 bits per heavy atom. The quantitative estimate of drug-likeness (QED) is 0.840. The summed E-state index contributed by atoms with van der Waals surface area (Å²) >= 11 is 0. The summed E-state index contributed by atoms with van der Waals surface area (Å²) in [5.41, 5.74) is -2.04. The molecule has 0 heterocycles. The van der Waals surface area contributed by atoms with Gasteiger partial charge in [-0.15, -0.1) is 0 Å². The number of carbonyl (C=O) groups is 1. The molecule has 0 spiro atoms. The zero-order valence-corrected chi connectivity index (χ0v) is 11.5. The summed E-state index contributed by atoms with van der Waals surface area (Å²) in [4.78, 5) is 11.2. The summed E-state index contributed by atoms with van der Waals surface area (Å²) in [6.07, 6.45) is -5.09. The normalized spacial score (nSPS) is 22.9. The second-order valence-corrected chi connectivity index (χ2v) is 5.41. The molecule has 2 N–H and O–H groups in total. The minimum atomic E-state index is -5.00. The first kappa shape index (κ1) is 16.7. The molecule has 2 rings (SSSR count). The monoisotopic (exact) mass is 323 g/mol. The average Bonchev–Trinajstić information content (AvgIpc) is 2.33. The lowest BCUT2D eigenvalue weighted by Crippen LogP contribution is -2.41. The van der Waals surface area contributed by atoms with Crippen LogP contribution in [-0.2, 0) is 11.0 Å². The van der Waals surface area contributed by atoms with Crippen molar-refractivity contribution in [3.05, 3.63) is 34.9 Å². The van der Waals surface area contributed by atoms with Crippen molar-refractivity contribution in [2.45, 2.75) is 38.1 Å². The van der Waals surface area contributed by atoms with Crippen LogP contribution in [0.2, 0.25) is 0 Å². The van der Waals surface area contributed by atoms with E-state index < -0.39 is 41.4 Å². The zero-order chi connectivity index (χ0) is 16.7. The van der Waals surface area contributed by atoms with Gasteiger partial charge in [0.15, 0.2) is 0 Å². The predicted octanol–water partition coefficient (Wildman–Crippen LogP) is 2.93. The van der Waals surface area contributed by atoms with E-state index in [1.165, 1.54) is 6.92 Å². The fourth-order valence-corrected chi connectivity index (χ4v) is 2.59. The largest absolute Gasteiger partial charge is 0.419 e. The van der Waals surface area contributed by atoms with Gasteiger partial charge in [-0.1, -0.05) is 0 Å². The first-order valence-corrected chi connectivity index (χ1v) is 6.61. The van der Waals surface area contributed by atoms with Gasteiger partial charge in [-0.2, -0.15) is 13.2 Å².